The van der Waals surface area contributed by atoms with Crippen molar-refractivity contribution in [2.24, 2.45) is 5.92 Å². The summed E-state index contributed by atoms with van der Waals surface area (Å²) in [5.74, 6) is 4.90. The second kappa shape index (κ2) is 7.26. The molecule has 0 aromatic carbocycles. The van der Waals surface area contributed by atoms with Crippen LogP contribution in [-0.2, 0) is 0 Å². The molecule has 3 atom stereocenters. The predicted molar refractivity (Wildman–Crippen MR) is 93.0 cm³/mol. The monoisotopic (exact) mass is 314 g/mol. The van der Waals surface area contributed by atoms with Gasteiger partial charge < -0.3 is 0 Å². The van der Waals surface area contributed by atoms with Crippen LogP contribution in [0.5, 0.6) is 0 Å². The van der Waals surface area contributed by atoms with E-state index in [1.54, 1.807) is 0 Å². The van der Waals surface area contributed by atoms with E-state index in [4.69, 9.17) is 0 Å². The SMILES string of the molecule is CC(C)C1CN2CCCCC2CN1CC1CSCCS1. The van der Waals surface area contributed by atoms with Crippen molar-refractivity contribution >= 4 is 23.5 Å². The lowest BCUT2D eigenvalue weighted by Gasteiger charge is -2.50. The molecule has 4 heteroatoms. The van der Waals surface area contributed by atoms with Gasteiger partial charge in [-0.05, 0) is 25.3 Å². The quantitative estimate of drug-likeness (QED) is 0.789. The molecule has 0 aliphatic carbocycles. The summed E-state index contributed by atoms with van der Waals surface area (Å²) in [6.45, 7) is 10.2. The Morgan fingerprint density at radius 1 is 1.15 bits per heavy atom. The van der Waals surface area contributed by atoms with Crippen LogP contribution in [-0.4, -0.2) is 70.6 Å². The molecule has 0 amide bonds. The van der Waals surface area contributed by atoms with E-state index in [1.165, 1.54) is 62.7 Å². The van der Waals surface area contributed by atoms with Gasteiger partial charge in [-0.1, -0.05) is 20.3 Å². The van der Waals surface area contributed by atoms with Gasteiger partial charge in [0, 0.05) is 54.2 Å². The van der Waals surface area contributed by atoms with Crippen LogP contribution in [0, 0.1) is 5.92 Å². The van der Waals surface area contributed by atoms with E-state index in [0.29, 0.717) is 0 Å². The molecule has 3 aliphatic heterocycles. The molecule has 3 unspecified atom stereocenters. The van der Waals surface area contributed by atoms with Crippen LogP contribution < -0.4 is 0 Å². The molecule has 20 heavy (non-hydrogen) atoms. The first-order valence-electron chi connectivity index (χ1n) is 8.41. The highest BCUT2D eigenvalue weighted by Gasteiger charge is 2.37. The second-order valence-electron chi connectivity index (χ2n) is 6.98. The maximum absolute atomic E-state index is 2.86. The summed E-state index contributed by atoms with van der Waals surface area (Å²) >= 11 is 4.39. The molecule has 3 rings (SSSR count). The number of piperidine rings is 1. The normalized spacial score (nSPS) is 37.0. The van der Waals surface area contributed by atoms with Crippen molar-refractivity contribution in [3.05, 3.63) is 0 Å². The number of hydrogen-bond donors (Lipinski definition) is 0. The van der Waals surface area contributed by atoms with Gasteiger partial charge in [0.15, 0.2) is 0 Å². The van der Waals surface area contributed by atoms with Gasteiger partial charge in [0.25, 0.3) is 0 Å². The maximum atomic E-state index is 2.86. The Hall–Kier alpha value is 0.620. The minimum atomic E-state index is 0.789. The van der Waals surface area contributed by atoms with Gasteiger partial charge in [0.05, 0.1) is 0 Å². The third-order valence-corrected chi connectivity index (χ3v) is 8.00. The first kappa shape index (κ1) is 15.5. The third-order valence-electron chi connectivity index (χ3n) is 5.18. The van der Waals surface area contributed by atoms with Crippen LogP contribution in [0.3, 0.4) is 0 Å². The fourth-order valence-corrected chi connectivity index (χ4v) is 6.71. The van der Waals surface area contributed by atoms with Gasteiger partial charge in [-0.25, -0.2) is 0 Å². The van der Waals surface area contributed by atoms with Crippen molar-refractivity contribution in [3.63, 3.8) is 0 Å². The van der Waals surface area contributed by atoms with E-state index < -0.39 is 0 Å². The molecular formula is C16H30N2S2. The molecule has 0 saturated carbocycles. The largest absolute Gasteiger partial charge is 0.298 e. The Morgan fingerprint density at radius 2 is 2.05 bits per heavy atom. The lowest BCUT2D eigenvalue weighted by molar-refractivity contribution is -0.00640. The van der Waals surface area contributed by atoms with E-state index in [2.05, 4.69) is 47.2 Å². The van der Waals surface area contributed by atoms with Gasteiger partial charge in [-0.3, -0.25) is 9.80 Å². The second-order valence-corrected chi connectivity index (χ2v) is 9.54. The number of hydrogen-bond acceptors (Lipinski definition) is 4. The number of rotatable bonds is 3. The minimum absolute atomic E-state index is 0.789. The van der Waals surface area contributed by atoms with Crippen molar-refractivity contribution in [1.29, 1.82) is 0 Å². The molecule has 0 aromatic heterocycles. The zero-order chi connectivity index (χ0) is 13.9. The highest BCUT2D eigenvalue weighted by molar-refractivity contribution is 8.06. The lowest BCUT2D eigenvalue weighted by atomic mass is 9.92. The molecule has 0 bridgehead atoms. The van der Waals surface area contributed by atoms with Crippen molar-refractivity contribution in [2.45, 2.75) is 50.4 Å². The molecule has 0 N–H and O–H groups in total. The maximum Gasteiger partial charge on any atom is 0.0265 e. The average molecular weight is 315 g/mol. The molecule has 0 radical (unpaired) electrons. The fourth-order valence-electron chi connectivity index (χ4n) is 4.01. The van der Waals surface area contributed by atoms with Gasteiger partial charge in [-0.2, -0.15) is 23.5 Å². The van der Waals surface area contributed by atoms with Crippen LogP contribution >= 0.6 is 23.5 Å². The Bertz CT molecular complexity index is 303. The summed E-state index contributed by atoms with van der Waals surface area (Å²) in [5, 5.41) is 0.880. The van der Waals surface area contributed by atoms with Crippen LogP contribution in [0.2, 0.25) is 0 Å². The molecular weight excluding hydrogens is 284 g/mol. The number of thioether (sulfide) groups is 2. The Labute approximate surface area is 133 Å². The number of fused-ring (bicyclic) bond motifs is 1. The first-order valence-corrected chi connectivity index (χ1v) is 10.6. The summed E-state index contributed by atoms with van der Waals surface area (Å²) in [6.07, 6.45) is 4.32. The van der Waals surface area contributed by atoms with Crippen LogP contribution in [0.4, 0.5) is 0 Å². The van der Waals surface area contributed by atoms with E-state index in [1.807, 2.05) is 0 Å². The van der Waals surface area contributed by atoms with Crippen LogP contribution in [0.15, 0.2) is 0 Å². The van der Waals surface area contributed by atoms with Crippen LogP contribution in [0.1, 0.15) is 33.1 Å². The Balaban J connectivity index is 1.62. The van der Waals surface area contributed by atoms with Crippen molar-refractivity contribution in [2.75, 3.05) is 43.4 Å². The van der Waals surface area contributed by atoms with Crippen molar-refractivity contribution < 1.29 is 0 Å². The lowest BCUT2D eigenvalue weighted by Crippen LogP contribution is -2.62. The first-order chi connectivity index (χ1) is 9.74. The fraction of sp³-hybridized carbons (Fsp3) is 1.00. The third kappa shape index (κ3) is 3.68. The van der Waals surface area contributed by atoms with E-state index >= 15 is 0 Å². The number of piperazine rings is 1. The van der Waals surface area contributed by atoms with E-state index in [9.17, 15) is 0 Å². The molecule has 0 spiro atoms. The topological polar surface area (TPSA) is 6.48 Å². The molecule has 3 aliphatic rings. The zero-order valence-corrected chi connectivity index (χ0v) is 14.7. The predicted octanol–water partition coefficient (Wildman–Crippen LogP) is 3.03. The zero-order valence-electron chi connectivity index (χ0n) is 13.1. The molecule has 2 nitrogen and oxygen atoms in total. The molecule has 3 heterocycles. The van der Waals surface area contributed by atoms with Crippen LogP contribution in [0.25, 0.3) is 0 Å². The highest BCUT2D eigenvalue weighted by Crippen LogP contribution is 2.30. The summed E-state index contributed by atoms with van der Waals surface area (Å²) in [6, 6.07) is 1.65. The minimum Gasteiger partial charge on any atom is -0.298 e. The van der Waals surface area contributed by atoms with Crippen molar-refractivity contribution in [1.82, 2.24) is 9.80 Å². The average Bonchev–Trinajstić information content (AvgIpc) is 2.47. The van der Waals surface area contributed by atoms with E-state index in [-0.39, 0.29) is 0 Å². The molecule has 3 fully saturated rings. The summed E-state index contributed by atoms with van der Waals surface area (Å²) in [4.78, 5) is 5.66. The Morgan fingerprint density at radius 3 is 2.80 bits per heavy atom. The summed E-state index contributed by atoms with van der Waals surface area (Å²) < 4.78 is 0. The van der Waals surface area contributed by atoms with Gasteiger partial charge in [0.2, 0.25) is 0 Å². The molecule has 116 valence electrons. The molecule has 3 saturated heterocycles. The standard InChI is InChI=1S/C16H30N2S2/c1-13(2)16-11-17-6-4-3-5-14(17)9-18(16)10-15-12-19-7-8-20-15/h13-16H,3-12H2,1-2H3. The van der Waals surface area contributed by atoms with Gasteiger partial charge >= 0.3 is 0 Å². The number of nitrogens with zero attached hydrogens (tertiary/aromatic N) is 2. The summed E-state index contributed by atoms with van der Waals surface area (Å²) in [7, 11) is 0. The van der Waals surface area contributed by atoms with Gasteiger partial charge in [0.1, 0.15) is 0 Å². The highest BCUT2D eigenvalue weighted by atomic mass is 32.2. The Kier molecular flexibility index (Phi) is 5.63. The summed E-state index contributed by atoms with van der Waals surface area (Å²) in [5.41, 5.74) is 0. The smallest absolute Gasteiger partial charge is 0.0265 e. The van der Waals surface area contributed by atoms with Gasteiger partial charge in [-0.15, -0.1) is 0 Å². The van der Waals surface area contributed by atoms with E-state index in [0.717, 1.165) is 23.3 Å². The van der Waals surface area contributed by atoms with Crippen molar-refractivity contribution in [3.8, 4) is 0 Å². The molecule has 0 aromatic rings.